The quantitative estimate of drug-likeness (QED) is 0.674. The summed E-state index contributed by atoms with van der Waals surface area (Å²) >= 11 is 0. The lowest BCUT2D eigenvalue weighted by atomic mass is 10.1. The zero-order valence-corrected chi connectivity index (χ0v) is 17.9. The number of benzene rings is 2. The van der Waals surface area contributed by atoms with Gasteiger partial charge in [0.2, 0.25) is 11.8 Å². The van der Waals surface area contributed by atoms with E-state index in [2.05, 4.69) is 4.72 Å². The number of imide groups is 1. The molecule has 3 rings (SSSR count). The molecule has 0 saturated carbocycles. The average molecular weight is 432 g/mol. The molecule has 160 valence electrons. The van der Waals surface area contributed by atoms with Crippen LogP contribution in [0.2, 0.25) is 0 Å². The van der Waals surface area contributed by atoms with Crippen LogP contribution in [-0.4, -0.2) is 33.4 Å². The van der Waals surface area contributed by atoms with Crippen LogP contribution in [0.5, 0.6) is 11.5 Å². The van der Waals surface area contributed by atoms with Crippen molar-refractivity contribution in [2.45, 2.75) is 44.1 Å². The van der Waals surface area contributed by atoms with Crippen molar-refractivity contribution in [3.8, 4) is 11.5 Å². The molecular formula is C21H24N2O6S. The molecule has 0 unspecified atom stereocenters. The number of nitrogens with one attached hydrogen (secondary N) is 1. The lowest BCUT2D eigenvalue weighted by molar-refractivity contribution is -0.129. The van der Waals surface area contributed by atoms with Crippen molar-refractivity contribution in [1.82, 2.24) is 0 Å². The van der Waals surface area contributed by atoms with Gasteiger partial charge in [0.05, 0.1) is 18.9 Å². The summed E-state index contributed by atoms with van der Waals surface area (Å²) < 4.78 is 39.3. The standard InChI is InChI=1S/C21H24N2O6S/c1-14(2)29-17-10-7-15(8-11-17)22-30(26,27)19-13-16(9-12-18(19)28-3)23-20(24)5-4-6-21(23)25/h7-14,22H,4-6H2,1-3H3. The van der Waals surface area contributed by atoms with E-state index >= 15 is 0 Å². The second kappa shape index (κ2) is 8.74. The van der Waals surface area contributed by atoms with E-state index in [1.807, 2.05) is 13.8 Å². The highest BCUT2D eigenvalue weighted by molar-refractivity contribution is 7.92. The first-order chi connectivity index (χ1) is 14.2. The summed E-state index contributed by atoms with van der Waals surface area (Å²) in [5.74, 6) is 0.0134. The number of carbonyl (C=O) groups excluding carboxylic acids is 2. The lowest BCUT2D eigenvalue weighted by Crippen LogP contribution is -2.40. The van der Waals surface area contributed by atoms with Gasteiger partial charge in [-0.05, 0) is 62.7 Å². The number of hydrogen-bond donors (Lipinski definition) is 1. The molecule has 30 heavy (non-hydrogen) atoms. The molecule has 2 amide bonds. The fourth-order valence-corrected chi connectivity index (χ4v) is 4.39. The number of methoxy groups -OCH3 is 1. The summed E-state index contributed by atoms with van der Waals surface area (Å²) in [7, 11) is -2.70. The van der Waals surface area contributed by atoms with Gasteiger partial charge in [0, 0.05) is 18.5 Å². The molecule has 1 heterocycles. The maximum atomic E-state index is 13.0. The predicted octanol–water partition coefficient (Wildman–Crippen LogP) is 3.33. The van der Waals surface area contributed by atoms with Crippen LogP contribution in [-0.2, 0) is 19.6 Å². The molecule has 1 fully saturated rings. The molecule has 8 nitrogen and oxygen atoms in total. The zero-order chi connectivity index (χ0) is 21.9. The van der Waals surface area contributed by atoms with Gasteiger partial charge in [-0.1, -0.05) is 0 Å². The summed E-state index contributed by atoms with van der Waals surface area (Å²) in [5.41, 5.74) is 0.537. The maximum Gasteiger partial charge on any atom is 0.265 e. The van der Waals surface area contributed by atoms with Crippen LogP contribution in [0, 0.1) is 0 Å². The fraction of sp³-hybridized carbons (Fsp3) is 0.333. The first-order valence-corrected chi connectivity index (χ1v) is 11.0. The van der Waals surface area contributed by atoms with Gasteiger partial charge in [-0.15, -0.1) is 0 Å². The minimum Gasteiger partial charge on any atom is -0.495 e. The Balaban J connectivity index is 1.92. The Morgan fingerprint density at radius 1 is 1.00 bits per heavy atom. The Bertz CT molecular complexity index is 1030. The SMILES string of the molecule is COc1ccc(N2C(=O)CCCC2=O)cc1S(=O)(=O)Nc1ccc(OC(C)C)cc1. The molecule has 0 aliphatic carbocycles. The van der Waals surface area contributed by atoms with Gasteiger partial charge in [-0.2, -0.15) is 0 Å². The van der Waals surface area contributed by atoms with Crippen LogP contribution in [0.4, 0.5) is 11.4 Å². The van der Waals surface area contributed by atoms with Crippen molar-refractivity contribution in [2.24, 2.45) is 0 Å². The number of rotatable bonds is 7. The molecule has 0 aromatic heterocycles. The van der Waals surface area contributed by atoms with Crippen LogP contribution in [0.3, 0.4) is 0 Å². The van der Waals surface area contributed by atoms with E-state index in [9.17, 15) is 18.0 Å². The molecule has 1 N–H and O–H groups in total. The van der Waals surface area contributed by atoms with Crippen molar-refractivity contribution in [2.75, 3.05) is 16.7 Å². The van der Waals surface area contributed by atoms with E-state index < -0.39 is 10.0 Å². The first kappa shape index (κ1) is 21.6. The van der Waals surface area contributed by atoms with Gasteiger partial charge in [0.15, 0.2) is 0 Å². The van der Waals surface area contributed by atoms with Crippen molar-refractivity contribution in [3.05, 3.63) is 42.5 Å². The van der Waals surface area contributed by atoms with Crippen LogP contribution < -0.4 is 19.1 Å². The number of hydrogen-bond acceptors (Lipinski definition) is 6. The van der Waals surface area contributed by atoms with E-state index in [1.54, 1.807) is 24.3 Å². The number of anilines is 2. The fourth-order valence-electron chi connectivity index (χ4n) is 3.14. The van der Waals surface area contributed by atoms with Gasteiger partial charge in [-0.3, -0.25) is 19.2 Å². The van der Waals surface area contributed by atoms with E-state index in [0.717, 1.165) is 4.90 Å². The highest BCUT2D eigenvalue weighted by Gasteiger charge is 2.29. The van der Waals surface area contributed by atoms with Gasteiger partial charge < -0.3 is 9.47 Å². The highest BCUT2D eigenvalue weighted by atomic mass is 32.2. The Morgan fingerprint density at radius 3 is 2.20 bits per heavy atom. The highest BCUT2D eigenvalue weighted by Crippen LogP contribution is 2.32. The molecule has 2 aromatic carbocycles. The molecule has 1 aliphatic rings. The van der Waals surface area contributed by atoms with E-state index in [0.29, 0.717) is 17.9 Å². The minimum atomic E-state index is -4.05. The Labute approximate surface area is 175 Å². The number of ether oxygens (including phenoxy) is 2. The van der Waals surface area contributed by atoms with E-state index in [1.165, 1.54) is 25.3 Å². The first-order valence-electron chi connectivity index (χ1n) is 9.54. The molecule has 0 spiro atoms. The molecule has 2 aromatic rings. The van der Waals surface area contributed by atoms with Crippen molar-refractivity contribution < 1.29 is 27.5 Å². The normalized spacial score (nSPS) is 14.7. The lowest BCUT2D eigenvalue weighted by Gasteiger charge is -2.25. The number of piperidine rings is 1. The number of amides is 2. The molecule has 0 atom stereocenters. The summed E-state index contributed by atoms with van der Waals surface area (Å²) in [6, 6.07) is 10.7. The second-order valence-electron chi connectivity index (χ2n) is 7.11. The largest absolute Gasteiger partial charge is 0.495 e. The maximum absolute atomic E-state index is 13.0. The summed E-state index contributed by atoms with van der Waals surface area (Å²) in [6.45, 7) is 3.79. The molecule has 9 heteroatoms. The van der Waals surface area contributed by atoms with Crippen molar-refractivity contribution >= 4 is 33.2 Å². The second-order valence-corrected chi connectivity index (χ2v) is 8.76. The van der Waals surface area contributed by atoms with E-state index in [4.69, 9.17) is 9.47 Å². The Morgan fingerprint density at radius 2 is 1.63 bits per heavy atom. The molecule has 1 aliphatic heterocycles. The molecule has 0 bridgehead atoms. The van der Waals surface area contributed by atoms with Crippen LogP contribution in [0.15, 0.2) is 47.4 Å². The van der Waals surface area contributed by atoms with Gasteiger partial charge in [0.1, 0.15) is 16.4 Å². The van der Waals surface area contributed by atoms with Crippen molar-refractivity contribution in [1.29, 1.82) is 0 Å². The summed E-state index contributed by atoms with van der Waals surface area (Å²) in [6.07, 6.45) is 0.971. The predicted molar refractivity (Wildman–Crippen MR) is 112 cm³/mol. The minimum absolute atomic E-state index is 0.000231. The Kier molecular flexibility index (Phi) is 6.31. The summed E-state index contributed by atoms with van der Waals surface area (Å²) in [5, 5.41) is 0. The third-order valence-corrected chi connectivity index (χ3v) is 5.86. The van der Waals surface area contributed by atoms with Crippen LogP contribution in [0.25, 0.3) is 0 Å². The monoisotopic (exact) mass is 432 g/mol. The average Bonchev–Trinajstić information content (AvgIpc) is 2.68. The number of carbonyl (C=O) groups is 2. The van der Waals surface area contributed by atoms with Crippen LogP contribution >= 0.6 is 0 Å². The van der Waals surface area contributed by atoms with Crippen molar-refractivity contribution in [3.63, 3.8) is 0 Å². The van der Waals surface area contributed by atoms with E-state index in [-0.39, 0.29) is 47.1 Å². The topological polar surface area (TPSA) is 102 Å². The molecular weight excluding hydrogens is 408 g/mol. The smallest absolute Gasteiger partial charge is 0.265 e. The third kappa shape index (κ3) is 4.73. The third-order valence-electron chi connectivity index (χ3n) is 4.45. The van der Waals surface area contributed by atoms with Gasteiger partial charge in [-0.25, -0.2) is 8.42 Å². The molecule has 0 radical (unpaired) electrons. The number of sulfonamides is 1. The number of nitrogens with zero attached hydrogens (tertiary/aromatic N) is 1. The van der Waals surface area contributed by atoms with Gasteiger partial charge in [0.25, 0.3) is 10.0 Å². The van der Waals surface area contributed by atoms with Gasteiger partial charge >= 0.3 is 0 Å². The summed E-state index contributed by atoms with van der Waals surface area (Å²) in [4.78, 5) is 25.3. The Hall–Kier alpha value is -3.07. The molecule has 1 saturated heterocycles. The zero-order valence-electron chi connectivity index (χ0n) is 17.0. The van der Waals surface area contributed by atoms with Crippen LogP contribution in [0.1, 0.15) is 33.1 Å².